The van der Waals surface area contributed by atoms with Crippen molar-refractivity contribution in [3.63, 3.8) is 0 Å². The van der Waals surface area contributed by atoms with Crippen LogP contribution >= 0.6 is 23.5 Å². The molecule has 1 fully saturated rings. The van der Waals surface area contributed by atoms with Crippen LogP contribution in [0.5, 0.6) is 0 Å². The third-order valence-corrected chi connectivity index (χ3v) is 6.08. The summed E-state index contributed by atoms with van der Waals surface area (Å²) in [5, 5.41) is 1.21. The van der Waals surface area contributed by atoms with E-state index >= 15 is 0 Å². The van der Waals surface area contributed by atoms with Gasteiger partial charge in [-0.3, -0.25) is 4.79 Å². The number of carbonyl (C=O) groups is 1. The number of thioether (sulfide) groups is 2. The zero-order chi connectivity index (χ0) is 11.5. The Morgan fingerprint density at radius 1 is 1.31 bits per heavy atom. The largest absolute Gasteiger partial charge is 0.293 e. The quantitative estimate of drug-likeness (QED) is 0.758. The average Bonchev–Trinajstić information content (AvgIpc) is 2.33. The molecule has 0 N–H and O–H groups in total. The molecule has 3 nitrogen and oxygen atoms in total. The lowest BCUT2D eigenvalue weighted by Gasteiger charge is -2.30. The fourth-order valence-electron chi connectivity index (χ4n) is 1.53. The maximum absolute atomic E-state index is 12.1. The molecule has 3 atom stereocenters. The molecule has 0 saturated carbocycles. The Labute approximate surface area is 104 Å². The van der Waals surface area contributed by atoms with E-state index < -0.39 is 0 Å². The van der Waals surface area contributed by atoms with Gasteiger partial charge in [-0.2, -0.15) is 11.8 Å². The van der Waals surface area contributed by atoms with E-state index in [0.717, 1.165) is 5.75 Å². The molecule has 1 aromatic rings. The van der Waals surface area contributed by atoms with Gasteiger partial charge in [-0.25, -0.2) is 9.97 Å². The molecular formula is C11H14N2OS2. The van der Waals surface area contributed by atoms with Crippen LogP contribution in [0.4, 0.5) is 0 Å². The molecule has 2 rings (SSSR count). The summed E-state index contributed by atoms with van der Waals surface area (Å²) < 4.78 is 0. The second-order valence-corrected chi connectivity index (χ2v) is 6.85. The molecule has 86 valence electrons. The molecule has 0 aromatic carbocycles. The SMILES string of the molecule is CC1SCC(C(=O)c2cncnc2)SC1C. The number of carbonyl (C=O) groups excluding carboxylic acids is 1. The van der Waals surface area contributed by atoms with Crippen molar-refractivity contribution in [2.24, 2.45) is 0 Å². The van der Waals surface area contributed by atoms with Crippen molar-refractivity contribution in [3.05, 3.63) is 24.3 Å². The van der Waals surface area contributed by atoms with E-state index in [1.54, 1.807) is 24.2 Å². The number of rotatable bonds is 2. The smallest absolute Gasteiger partial charge is 0.179 e. The summed E-state index contributed by atoms with van der Waals surface area (Å²) in [7, 11) is 0. The minimum atomic E-state index is 0.0576. The van der Waals surface area contributed by atoms with Crippen molar-refractivity contribution < 1.29 is 4.79 Å². The molecule has 16 heavy (non-hydrogen) atoms. The van der Waals surface area contributed by atoms with E-state index in [0.29, 0.717) is 16.1 Å². The van der Waals surface area contributed by atoms with E-state index in [2.05, 4.69) is 23.8 Å². The lowest BCUT2D eigenvalue weighted by molar-refractivity contribution is 0.0994. The van der Waals surface area contributed by atoms with Crippen LogP contribution in [0, 0.1) is 0 Å². The number of hydrogen-bond donors (Lipinski definition) is 0. The number of hydrogen-bond acceptors (Lipinski definition) is 5. The Balaban J connectivity index is 2.06. The van der Waals surface area contributed by atoms with Gasteiger partial charge < -0.3 is 0 Å². The van der Waals surface area contributed by atoms with Gasteiger partial charge in [0.2, 0.25) is 0 Å². The molecule has 0 bridgehead atoms. The van der Waals surface area contributed by atoms with Gasteiger partial charge in [-0.1, -0.05) is 13.8 Å². The van der Waals surface area contributed by atoms with E-state index in [9.17, 15) is 4.79 Å². The van der Waals surface area contributed by atoms with Crippen LogP contribution in [0.25, 0.3) is 0 Å². The van der Waals surface area contributed by atoms with Gasteiger partial charge in [0.15, 0.2) is 5.78 Å². The summed E-state index contributed by atoms with van der Waals surface area (Å²) >= 11 is 3.65. The van der Waals surface area contributed by atoms with E-state index in [1.807, 2.05) is 11.8 Å². The monoisotopic (exact) mass is 254 g/mol. The molecule has 0 spiro atoms. The Kier molecular flexibility index (Phi) is 3.86. The van der Waals surface area contributed by atoms with Crippen LogP contribution in [0.2, 0.25) is 0 Å². The van der Waals surface area contributed by atoms with Crippen LogP contribution in [0.3, 0.4) is 0 Å². The van der Waals surface area contributed by atoms with Gasteiger partial charge in [0, 0.05) is 28.6 Å². The number of Topliss-reactive ketones (excluding diaryl/α,β-unsaturated/α-hetero) is 1. The Hall–Kier alpha value is -0.550. The number of nitrogens with zero attached hydrogens (tertiary/aromatic N) is 2. The van der Waals surface area contributed by atoms with Crippen molar-refractivity contribution in [1.29, 1.82) is 0 Å². The zero-order valence-electron chi connectivity index (χ0n) is 9.29. The van der Waals surface area contributed by atoms with Crippen molar-refractivity contribution in [3.8, 4) is 0 Å². The Morgan fingerprint density at radius 3 is 2.62 bits per heavy atom. The highest BCUT2D eigenvalue weighted by Crippen LogP contribution is 2.36. The third-order valence-electron chi connectivity index (χ3n) is 2.69. The second kappa shape index (κ2) is 5.19. The van der Waals surface area contributed by atoms with Crippen molar-refractivity contribution >= 4 is 29.3 Å². The average molecular weight is 254 g/mol. The highest BCUT2D eigenvalue weighted by atomic mass is 32.2. The van der Waals surface area contributed by atoms with Crippen LogP contribution in [0.1, 0.15) is 24.2 Å². The molecule has 3 unspecified atom stereocenters. The molecule has 5 heteroatoms. The fourth-order valence-corrected chi connectivity index (χ4v) is 4.41. The summed E-state index contributed by atoms with van der Waals surface area (Å²) in [6.45, 7) is 4.40. The lowest BCUT2D eigenvalue weighted by Crippen LogP contribution is -2.31. The Morgan fingerprint density at radius 2 is 2.00 bits per heavy atom. The molecule has 1 saturated heterocycles. The van der Waals surface area contributed by atoms with Crippen LogP contribution in [-0.4, -0.2) is 37.3 Å². The maximum Gasteiger partial charge on any atom is 0.179 e. The van der Waals surface area contributed by atoms with Gasteiger partial charge in [-0.05, 0) is 0 Å². The lowest BCUT2D eigenvalue weighted by atomic mass is 10.2. The first-order valence-electron chi connectivity index (χ1n) is 5.25. The minimum absolute atomic E-state index is 0.0576. The van der Waals surface area contributed by atoms with Gasteiger partial charge in [0.1, 0.15) is 6.33 Å². The van der Waals surface area contributed by atoms with Gasteiger partial charge >= 0.3 is 0 Å². The zero-order valence-corrected chi connectivity index (χ0v) is 10.9. The normalized spacial score (nSPS) is 30.0. The molecule has 2 heterocycles. The fraction of sp³-hybridized carbons (Fsp3) is 0.545. The van der Waals surface area contributed by atoms with Crippen molar-refractivity contribution in [1.82, 2.24) is 9.97 Å². The van der Waals surface area contributed by atoms with Crippen LogP contribution in [0.15, 0.2) is 18.7 Å². The van der Waals surface area contributed by atoms with Gasteiger partial charge in [0.25, 0.3) is 0 Å². The summed E-state index contributed by atoms with van der Waals surface area (Å²) in [4.78, 5) is 19.9. The first kappa shape index (κ1) is 11.9. The van der Waals surface area contributed by atoms with E-state index in [1.165, 1.54) is 6.33 Å². The summed E-state index contributed by atoms with van der Waals surface area (Å²) in [6.07, 6.45) is 4.65. The molecule has 0 amide bonds. The predicted octanol–water partition coefficient (Wildman–Crippen LogP) is 2.28. The van der Waals surface area contributed by atoms with Crippen molar-refractivity contribution in [2.45, 2.75) is 29.6 Å². The molecule has 0 radical (unpaired) electrons. The third kappa shape index (κ3) is 2.58. The first-order valence-corrected chi connectivity index (χ1v) is 7.24. The van der Waals surface area contributed by atoms with E-state index in [-0.39, 0.29) is 11.0 Å². The summed E-state index contributed by atoms with van der Waals surface area (Å²) in [5.74, 6) is 1.06. The first-order chi connectivity index (χ1) is 7.68. The molecule has 1 aliphatic heterocycles. The van der Waals surface area contributed by atoms with Crippen molar-refractivity contribution in [2.75, 3.05) is 5.75 Å². The summed E-state index contributed by atoms with van der Waals surface area (Å²) in [5.41, 5.74) is 0.627. The number of aromatic nitrogens is 2. The standard InChI is InChI=1S/C11H14N2OS2/c1-7-8(2)16-10(5-15-7)11(14)9-3-12-6-13-4-9/h3-4,6-8,10H,5H2,1-2H3. The van der Waals surface area contributed by atoms with Gasteiger partial charge in [-0.15, -0.1) is 11.8 Å². The number of ketones is 1. The topological polar surface area (TPSA) is 42.9 Å². The predicted molar refractivity (Wildman–Crippen MR) is 69.1 cm³/mol. The highest BCUT2D eigenvalue weighted by Gasteiger charge is 2.30. The van der Waals surface area contributed by atoms with Crippen LogP contribution < -0.4 is 0 Å². The molecular weight excluding hydrogens is 240 g/mol. The molecule has 1 aliphatic rings. The Bertz CT molecular complexity index is 372. The molecule has 0 aliphatic carbocycles. The highest BCUT2D eigenvalue weighted by molar-refractivity contribution is 8.08. The summed E-state index contributed by atoms with van der Waals surface area (Å²) in [6, 6.07) is 0. The van der Waals surface area contributed by atoms with Crippen LogP contribution in [-0.2, 0) is 0 Å². The molecule has 1 aromatic heterocycles. The minimum Gasteiger partial charge on any atom is -0.293 e. The van der Waals surface area contributed by atoms with Gasteiger partial charge in [0.05, 0.1) is 10.8 Å². The maximum atomic E-state index is 12.1. The van der Waals surface area contributed by atoms with E-state index in [4.69, 9.17) is 0 Å². The second-order valence-electron chi connectivity index (χ2n) is 3.86.